The second-order valence-corrected chi connectivity index (χ2v) is 18.9. The molecule has 0 saturated carbocycles. The normalized spacial score (nSPS) is 10.7. The number of hydrogen-bond acceptors (Lipinski definition) is 12. The number of benzene rings is 5. The first-order valence-corrected chi connectivity index (χ1v) is 27.4. The molecule has 0 bridgehead atoms. The van der Waals surface area contributed by atoms with Gasteiger partial charge in [0.15, 0.2) is 0 Å². The third kappa shape index (κ3) is 23.4. The topological polar surface area (TPSA) is 170 Å². The second kappa shape index (κ2) is 34.9. The van der Waals surface area contributed by atoms with Gasteiger partial charge in [-0.05, 0) is 137 Å². The van der Waals surface area contributed by atoms with Crippen LogP contribution in [-0.2, 0) is 9.47 Å². The molecule has 5 aromatic rings. The van der Waals surface area contributed by atoms with E-state index in [-0.39, 0.29) is 47.3 Å². The Morgan fingerprint density at radius 3 is 1.00 bits per heavy atom. The number of hydrogen-bond donors (Lipinski definition) is 4. The van der Waals surface area contributed by atoms with Gasteiger partial charge in [-0.2, -0.15) is 0 Å². The van der Waals surface area contributed by atoms with Crippen molar-refractivity contribution >= 4 is 11.9 Å². The van der Waals surface area contributed by atoms with E-state index in [2.05, 4.69) is 37.5 Å². The molecule has 4 N–H and O–H groups in total. The molecular formula is C64H78O12. The summed E-state index contributed by atoms with van der Waals surface area (Å²) in [5, 5.41) is 38.5. The Morgan fingerprint density at radius 1 is 0.355 bits per heavy atom. The van der Waals surface area contributed by atoms with Crippen molar-refractivity contribution in [3.05, 3.63) is 130 Å². The Kier molecular flexibility index (Phi) is 27.3. The quantitative estimate of drug-likeness (QED) is 0.0175. The molecule has 0 aliphatic carbocycles. The van der Waals surface area contributed by atoms with Crippen LogP contribution in [0.15, 0.2) is 97.1 Å². The van der Waals surface area contributed by atoms with Crippen LogP contribution in [0.3, 0.4) is 0 Å². The van der Waals surface area contributed by atoms with Crippen molar-refractivity contribution in [3.63, 3.8) is 0 Å². The Labute approximate surface area is 450 Å². The highest BCUT2D eigenvalue weighted by molar-refractivity contribution is 5.91. The Balaban J connectivity index is 1.16. The van der Waals surface area contributed by atoms with Crippen LogP contribution >= 0.6 is 0 Å². The van der Waals surface area contributed by atoms with E-state index in [1.807, 2.05) is 60.7 Å². The maximum Gasteiger partial charge on any atom is 0.338 e. The number of unbranched alkanes of at least 4 members (excludes halogenated alkanes) is 16. The monoisotopic (exact) mass is 1040 g/mol. The van der Waals surface area contributed by atoms with Gasteiger partial charge in [-0.15, -0.1) is 0 Å². The molecule has 0 radical (unpaired) electrons. The fourth-order valence-corrected chi connectivity index (χ4v) is 8.09. The van der Waals surface area contributed by atoms with Gasteiger partial charge in [0.1, 0.15) is 46.0 Å². The first-order chi connectivity index (χ1) is 37.1. The zero-order chi connectivity index (χ0) is 54.0. The lowest BCUT2D eigenvalue weighted by Gasteiger charge is -2.14. The first kappa shape index (κ1) is 59.4. The molecule has 12 heteroatoms. The van der Waals surface area contributed by atoms with Crippen molar-refractivity contribution < 1.29 is 58.4 Å². The van der Waals surface area contributed by atoms with Crippen LogP contribution in [0.5, 0.6) is 46.0 Å². The minimum Gasteiger partial charge on any atom is -0.508 e. The van der Waals surface area contributed by atoms with Crippen LogP contribution in [0, 0.1) is 23.7 Å². The predicted octanol–water partition coefficient (Wildman–Crippen LogP) is 14.4. The number of carbonyl (C=O) groups is 2. The Bertz CT molecular complexity index is 2410. The van der Waals surface area contributed by atoms with Crippen molar-refractivity contribution in [1.82, 2.24) is 0 Å². The Hall–Kier alpha value is -7.44. The minimum absolute atomic E-state index is 0.110. The smallest absolute Gasteiger partial charge is 0.338 e. The minimum atomic E-state index is -0.583. The highest BCUT2D eigenvalue weighted by Gasteiger charge is 2.14. The summed E-state index contributed by atoms with van der Waals surface area (Å²) in [6.07, 6.45) is 20.4. The predicted molar refractivity (Wildman–Crippen MR) is 297 cm³/mol. The summed E-state index contributed by atoms with van der Waals surface area (Å²) in [6.45, 7) is 7.20. The van der Waals surface area contributed by atoms with Crippen molar-refractivity contribution in [2.24, 2.45) is 0 Å². The summed E-state index contributed by atoms with van der Waals surface area (Å²) < 4.78 is 35.6. The van der Waals surface area contributed by atoms with Crippen LogP contribution in [0.4, 0.5) is 0 Å². The molecule has 0 aliphatic rings. The summed E-state index contributed by atoms with van der Waals surface area (Å²) in [5.41, 5.74) is 3.36. The summed E-state index contributed by atoms with van der Waals surface area (Å²) in [4.78, 5) is 24.4. The van der Waals surface area contributed by atoms with E-state index in [0.717, 1.165) is 110 Å². The number of aromatic hydroxyl groups is 4. The largest absolute Gasteiger partial charge is 0.508 e. The fourth-order valence-electron chi connectivity index (χ4n) is 8.09. The lowest BCUT2D eigenvalue weighted by Crippen LogP contribution is -2.06. The zero-order valence-corrected chi connectivity index (χ0v) is 44.7. The van der Waals surface area contributed by atoms with Gasteiger partial charge in [0, 0.05) is 35.4 Å². The van der Waals surface area contributed by atoms with E-state index >= 15 is 0 Å². The van der Waals surface area contributed by atoms with Gasteiger partial charge in [0.25, 0.3) is 0 Å². The SMILES string of the molecule is CCCCCCCCOc1cc(C#Cc2ccc(OCCCCCCOC(=O)c3cc(O)cc(O)c3)cc2)c(OCCCCCCCC)cc1C#Cc1ccc(OCCCCCCOC(=O)c2cc(O)cc(O)c2)cc1. The molecule has 0 unspecified atom stereocenters. The summed E-state index contributed by atoms with van der Waals surface area (Å²) >= 11 is 0. The van der Waals surface area contributed by atoms with Gasteiger partial charge in [0.2, 0.25) is 0 Å². The van der Waals surface area contributed by atoms with Gasteiger partial charge in [0.05, 0.1) is 61.9 Å². The molecule has 0 amide bonds. The van der Waals surface area contributed by atoms with Crippen molar-refractivity contribution in [1.29, 1.82) is 0 Å². The van der Waals surface area contributed by atoms with E-state index in [9.17, 15) is 30.0 Å². The molecule has 406 valence electrons. The molecule has 0 saturated heterocycles. The number of carbonyl (C=O) groups excluding carboxylic acids is 2. The van der Waals surface area contributed by atoms with Gasteiger partial charge >= 0.3 is 11.9 Å². The van der Waals surface area contributed by atoms with Crippen LogP contribution in [0.2, 0.25) is 0 Å². The number of phenols is 4. The Morgan fingerprint density at radius 2 is 0.658 bits per heavy atom. The maximum atomic E-state index is 12.2. The highest BCUT2D eigenvalue weighted by Crippen LogP contribution is 2.30. The van der Waals surface area contributed by atoms with E-state index in [1.165, 1.54) is 75.6 Å². The molecule has 0 atom stereocenters. The van der Waals surface area contributed by atoms with Crippen molar-refractivity contribution in [2.75, 3.05) is 39.6 Å². The summed E-state index contributed by atoms with van der Waals surface area (Å²) in [5.74, 6) is 14.4. The standard InChI is InChI=1S/C64H78O12/c1-3-5-7-9-11-19-37-73-61-45-52(30-24-50-27-33-60(34-28-50)72-36-18-14-16-22-40-76-64(70)54-43-57(67)48-58(68)44-54)62(74-38-20-12-10-8-6-4-2)46-51(61)29-23-49-25-31-59(32-26-49)71-35-17-13-15-21-39-75-63(69)53-41-55(65)47-56(66)42-53/h25-28,31-34,41-48,65-68H,3-22,35-40H2,1-2H3. The van der Waals surface area contributed by atoms with Gasteiger partial charge in [-0.25, -0.2) is 9.59 Å². The van der Waals surface area contributed by atoms with Crippen molar-refractivity contribution in [2.45, 2.75) is 142 Å². The molecule has 76 heavy (non-hydrogen) atoms. The van der Waals surface area contributed by atoms with Gasteiger partial charge < -0.3 is 48.8 Å². The van der Waals surface area contributed by atoms with E-state index < -0.39 is 11.9 Å². The molecule has 0 heterocycles. The van der Waals surface area contributed by atoms with E-state index in [0.29, 0.717) is 50.8 Å². The maximum absolute atomic E-state index is 12.2. The van der Waals surface area contributed by atoms with Crippen LogP contribution in [0.1, 0.15) is 185 Å². The lowest BCUT2D eigenvalue weighted by atomic mass is 10.1. The lowest BCUT2D eigenvalue weighted by molar-refractivity contribution is 0.0487. The highest BCUT2D eigenvalue weighted by atomic mass is 16.5. The number of phenolic OH excluding ortho intramolecular Hbond substituents is 4. The first-order valence-electron chi connectivity index (χ1n) is 27.4. The zero-order valence-electron chi connectivity index (χ0n) is 44.7. The molecule has 0 spiro atoms. The number of esters is 2. The average molecular weight is 1040 g/mol. The molecule has 5 rings (SSSR count). The fraction of sp³-hybridized carbons (Fsp3) is 0.438. The van der Waals surface area contributed by atoms with E-state index in [4.69, 9.17) is 28.4 Å². The number of ether oxygens (including phenoxy) is 6. The molecule has 0 fully saturated rings. The molecule has 0 aliphatic heterocycles. The van der Waals surface area contributed by atoms with Crippen LogP contribution in [0.25, 0.3) is 0 Å². The van der Waals surface area contributed by atoms with E-state index in [1.54, 1.807) is 0 Å². The third-order valence-corrected chi connectivity index (χ3v) is 12.3. The van der Waals surface area contributed by atoms with Crippen LogP contribution in [-0.4, -0.2) is 72.0 Å². The van der Waals surface area contributed by atoms with Crippen LogP contribution < -0.4 is 18.9 Å². The molecular weight excluding hydrogens is 961 g/mol. The summed E-state index contributed by atoms with van der Waals surface area (Å²) in [6, 6.07) is 26.8. The molecule has 5 aromatic carbocycles. The molecule has 12 nitrogen and oxygen atoms in total. The third-order valence-electron chi connectivity index (χ3n) is 12.3. The van der Waals surface area contributed by atoms with Crippen molar-refractivity contribution in [3.8, 4) is 69.7 Å². The van der Waals surface area contributed by atoms with Gasteiger partial charge in [-0.1, -0.05) is 102 Å². The van der Waals surface area contributed by atoms with Gasteiger partial charge in [-0.3, -0.25) is 0 Å². The second-order valence-electron chi connectivity index (χ2n) is 18.9. The average Bonchev–Trinajstić information content (AvgIpc) is 3.41. The number of rotatable bonds is 34. The molecule has 0 aromatic heterocycles. The summed E-state index contributed by atoms with van der Waals surface area (Å²) in [7, 11) is 0.